The summed E-state index contributed by atoms with van der Waals surface area (Å²) in [6, 6.07) is 0. The number of carboxylic acids is 2. The van der Waals surface area contributed by atoms with Gasteiger partial charge in [0, 0.05) is 12.0 Å². The topological polar surface area (TPSA) is 74.6 Å². The smallest absolute Gasteiger partial charge is 0.331 e. The summed E-state index contributed by atoms with van der Waals surface area (Å²) in [4.78, 5) is 21.6. The van der Waals surface area contributed by atoms with E-state index in [0.717, 1.165) is 25.7 Å². The molecule has 0 radical (unpaired) electrons. The van der Waals surface area contributed by atoms with E-state index in [9.17, 15) is 14.7 Å². The highest BCUT2D eigenvalue weighted by molar-refractivity contribution is 5.86. The summed E-state index contributed by atoms with van der Waals surface area (Å²) >= 11 is 0. The first-order chi connectivity index (χ1) is 11.6. The molecule has 0 heterocycles. The molecule has 0 aliphatic carbocycles. The monoisotopic (exact) mass is 340 g/mol. The van der Waals surface area contributed by atoms with Crippen molar-refractivity contribution in [2.24, 2.45) is 0 Å². The predicted octanol–water partition coefficient (Wildman–Crippen LogP) is 5.95. The van der Waals surface area contributed by atoms with E-state index in [0.29, 0.717) is 18.4 Å². The van der Waals surface area contributed by atoms with E-state index in [-0.39, 0.29) is 6.42 Å². The Kier molecular flexibility index (Phi) is 15.6. The SMILES string of the molecule is CCCCCCCCCCCC=C(CCCCCC(=O)O)C(=O)O. The van der Waals surface area contributed by atoms with Gasteiger partial charge in [0.2, 0.25) is 0 Å². The molecule has 0 aromatic heterocycles. The van der Waals surface area contributed by atoms with Crippen LogP contribution in [0.4, 0.5) is 0 Å². The lowest BCUT2D eigenvalue weighted by Crippen LogP contribution is -2.01. The van der Waals surface area contributed by atoms with E-state index < -0.39 is 11.9 Å². The maximum Gasteiger partial charge on any atom is 0.331 e. The minimum absolute atomic E-state index is 0.171. The average Bonchev–Trinajstić information content (AvgIpc) is 2.53. The van der Waals surface area contributed by atoms with Crippen molar-refractivity contribution in [1.29, 1.82) is 0 Å². The fraction of sp³-hybridized carbons (Fsp3) is 0.800. The van der Waals surface area contributed by atoms with E-state index in [1.165, 1.54) is 51.4 Å². The molecule has 4 heteroatoms. The van der Waals surface area contributed by atoms with E-state index in [1.54, 1.807) is 0 Å². The highest BCUT2D eigenvalue weighted by atomic mass is 16.4. The number of allylic oxidation sites excluding steroid dienone is 1. The molecule has 24 heavy (non-hydrogen) atoms. The van der Waals surface area contributed by atoms with Gasteiger partial charge in [0.05, 0.1) is 0 Å². The zero-order chi connectivity index (χ0) is 18.0. The van der Waals surface area contributed by atoms with Crippen LogP contribution in [-0.2, 0) is 9.59 Å². The van der Waals surface area contributed by atoms with Crippen molar-refractivity contribution in [3.63, 3.8) is 0 Å². The third-order valence-corrected chi connectivity index (χ3v) is 4.31. The maximum atomic E-state index is 11.2. The van der Waals surface area contributed by atoms with Crippen molar-refractivity contribution in [2.75, 3.05) is 0 Å². The van der Waals surface area contributed by atoms with Crippen LogP contribution in [0.15, 0.2) is 11.6 Å². The van der Waals surface area contributed by atoms with Crippen molar-refractivity contribution in [3.05, 3.63) is 11.6 Å². The van der Waals surface area contributed by atoms with Gasteiger partial charge in [0.25, 0.3) is 0 Å². The normalized spacial score (nSPS) is 11.6. The molecule has 0 atom stereocenters. The summed E-state index contributed by atoms with van der Waals surface area (Å²) in [6.07, 6.45) is 17.0. The number of hydrogen-bond donors (Lipinski definition) is 2. The van der Waals surface area contributed by atoms with Crippen molar-refractivity contribution in [3.8, 4) is 0 Å². The van der Waals surface area contributed by atoms with Crippen molar-refractivity contribution in [2.45, 2.75) is 103 Å². The summed E-state index contributed by atoms with van der Waals surface area (Å²) in [5.41, 5.74) is 0.491. The van der Waals surface area contributed by atoms with Crippen LogP contribution in [0, 0.1) is 0 Å². The number of carbonyl (C=O) groups is 2. The van der Waals surface area contributed by atoms with Gasteiger partial charge in [-0.1, -0.05) is 70.8 Å². The predicted molar refractivity (Wildman–Crippen MR) is 98.3 cm³/mol. The van der Waals surface area contributed by atoms with E-state index in [2.05, 4.69) is 6.92 Å². The van der Waals surface area contributed by atoms with Crippen LogP contribution in [0.2, 0.25) is 0 Å². The Balaban J connectivity index is 3.66. The van der Waals surface area contributed by atoms with Crippen molar-refractivity contribution < 1.29 is 19.8 Å². The molecule has 0 aromatic rings. The van der Waals surface area contributed by atoms with Crippen LogP contribution in [-0.4, -0.2) is 22.2 Å². The fourth-order valence-electron chi connectivity index (χ4n) is 2.80. The highest BCUT2D eigenvalue weighted by Gasteiger charge is 2.06. The van der Waals surface area contributed by atoms with E-state index >= 15 is 0 Å². The molecule has 140 valence electrons. The minimum Gasteiger partial charge on any atom is -0.481 e. The van der Waals surface area contributed by atoms with Gasteiger partial charge in [-0.15, -0.1) is 0 Å². The van der Waals surface area contributed by atoms with Gasteiger partial charge in [0.15, 0.2) is 0 Å². The quantitative estimate of drug-likeness (QED) is 0.253. The van der Waals surface area contributed by atoms with Crippen LogP contribution in [0.5, 0.6) is 0 Å². The molecule has 0 fully saturated rings. The third-order valence-electron chi connectivity index (χ3n) is 4.31. The molecule has 0 amide bonds. The summed E-state index contributed by atoms with van der Waals surface area (Å²) in [5, 5.41) is 17.8. The van der Waals surface area contributed by atoms with Crippen molar-refractivity contribution in [1.82, 2.24) is 0 Å². The van der Waals surface area contributed by atoms with Gasteiger partial charge in [-0.3, -0.25) is 4.79 Å². The molecule has 0 bridgehead atoms. The van der Waals surface area contributed by atoms with Crippen LogP contribution in [0.1, 0.15) is 103 Å². The van der Waals surface area contributed by atoms with Crippen LogP contribution in [0.25, 0.3) is 0 Å². The van der Waals surface area contributed by atoms with Crippen LogP contribution >= 0.6 is 0 Å². The largest absolute Gasteiger partial charge is 0.481 e. The van der Waals surface area contributed by atoms with Gasteiger partial charge in [0.1, 0.15) is 0 Å². The Bertz CT molecular complexity index is 361. The number of unbranched alkanes of at least 4 members (excludes halogenated alkanes) is 11. The second-order valence-electron chi connectivity index (χ2n) is 6.61. The average molecular weight is 341 g/mol. The first-order valence-electron chi connectivity index (χ1n) is 9.72. The lowest BCUT2D eigenvalue weighted by atomic mass is 10.0. The first-order valence-corrected chi connectivity index (χ1v) is 9.72. The van der Waals surface area contributed by atoms with Gasteiger partial charge < -0.3 is 10.2 Å². The maximum absolute atomic E-state index is 11.2. The van der Waals surface area contributed by atoms with Crippen LogP contribution in [0.3, 0.4) is 0 Å². The summed E-state index contributed by atoms with van der Waals surface area (Å²) in [7, 11) is 0. The number of rotatable bonds is 17. The Morgan fingerprint density at radius 2 is 1.21 bits per heavy atom. The van der Waals surface area contributed by atoms with Gasteiger partial charge in [-0.2, -0.15) is 0 Å². The zero-order valence-corrected chi connectivity index (χ0v) is 15.4. The molecule has 2 N–H and O–H groups in total. The molecular weight excluding hydrogens is 304 g/mol. The lowest BCUT2D eigenvalue weighted by Gasteiger charge is -2.04. The second kappa shape index (κ2) is 16.5. The lowest BCUT2D eigenvalue weighted by molar-refractivity contribution is -0.137. The third kappa shape index (κ3) is 15.6. The standard InChI is InChI=1S/C20H36O4/c1-2-3-4-5-6-7-8-9-10-12-15-18(20(23)24)16-13-11-14-17-19(21)22/h15H,2-14,16-17H2,1H3,(H,21,22)(H,23,24). The number of hydrogen-bond acceptors (Lipinski definition) is 2. The zero-order valence-electron chi connectivity index (χ0n) is 15.4. The summed E-state index contributed by atoms with van der Waals surface area (Å²) in [5.74, 6) is -1.61. The molecule has 0 aliphatic heterocycles. The molecule has 0 unspecified atom stereocenters. The van der Waals surface area contributed by atoms with Crippen molar-refractivity contribution >= 4 is 11.9 Å². The highest BCUT2D eigenvalue weighted by Crippen LogP contribution is 2.14. The van der Waals surface area contributed by atoms with Gasteiger partial charge >= 0.3 is 11.9 Å². The Morgan fingerprint density at radius 3 is 1.75 bits per heavy atom. The molecule has 0 saturated heterocycles. The number of carboxylic acid groups (broad SMARTS) is 2. The molecule has 4 nitrogen and oxygen atoms in total. The summed E-state index contributed by atoms with van der Waals surface area (Å²) < 4.78 is 0. The molecule has 0 rings (SSSR count). The Morgan fingerprint density at radius 1 is 0.708 bits per heavy atom. The minimum atomic E-state index is -0.829. The fourth-order valence-corrected chi connectivity index (χ4v) is 2.80. The Hall–Kier alpha value is -1.32. The molecule has 0 aliphatic rings. The number of aliphatic carboxylic acids is 2. The Labute approximate surface area is 147 Å². The molecule has 0 aromatic carbocycles. The second-order valence-corrected chi connectivity index (χ2v) is 6.61. The van der Waals surface area contributed by atoms with E-state index in [1.807, 2.05) is 6.08 Å². The van der Waals surface area contributed by atoms with Gasteiger partial charge in [-0.25, -0.2) is 4.79 Å². The summed E-state index contributed by atoms with van der Waals surface area (Å²) in [6.45, 7) is 2.23. The molecule has 0 saturated carbocycles. The van der Waals surface area contributed by atoms with Gasteiger partial charge in [-0.05, 0) is 32.1 Å². The first kappa shape index (κ1) is 22.7. The molecule has 0 spiro atoms. The molecular formula is C20H36O4. The van der Waals surface area contributed by atoms with Crippen LogP contribution < -0.4 is 0 Å². The van der Waals surface area contributed by atoms with E-state index in [4.69, 9.17) is 5.11 Å².